The molecule has 0 aromatic carbocycles. The first-order chi connectivity index (χ1) is 12.3. The van der Waals surface area contributed by atoms with Crippen LogP contribution in [0, 0.1) is 0 Å². The molecular weight excluding hydrogens is 320 g/mol. The zero-order valence-electron chi connectivity index (χ0n) is 14.0. The van der Waals surface area contributed by atoms with Crippen molar-refractivity contribution in [2.24, 2.45) is 0 Å². The molecule has 2 aromatic rings. The molecule has 1 saturated heterocycles. The van der Waals surface area contributed by atoms with Gasteiger partial charge in [0.2, 0.25) is 0 Å². The second kappa shape index (κ2) is 7.18. The number of carbonyl (C=O) groups excluding carboxylic acids is 1. The molecule has 2 amide bonds. The van der Waals surface area contributed by atoms with Gasteiger partial charge >= 0.3 is 6.03 Å². The Morgan fingerprint density at radius 2 is 2.24 bits per heavy atom. The topological polar surface area (TPSA) is 105 Å². The van der Waals surface area contributed by atoms with Gasteiger partial charge in [-0.1, -0.05) is 5.16 Å². The monoisotopic (exact) mass is 342 g/mol. The average Bonchev–Trinajstić information content (AvgIpc) is 3.30. The van der Waals surface area contributed by atoms with Crippen LogP contribution >= 0.6 is 0 Å². The van der Waals surface area contributed by atoms with Crippen molar-refractivity contribution < 1.29 is 9.32 Å². The lowest BCUT2D eigenvalue weighted by Gasteiger charge is -2.11. The number of nitrogens with one attached hydrogen (secondary N) is 3. The molecule has 2 aromatic heterocycles. The van der Waals surface area contributed by atoms with Crippen molar-refractivity contribution in [2.45, 2.75) is 51.1 Å². The lowest BCUT2D eigenvalue weighted by molar-refractivity contribution is 0.251. The molecule has 0 bridgehead atoms. The maximum Gasteiger partial charge on any atom is 0.320 e. The van der Waals surface area contributed by atoms with E-state index in [4.69, 9.17) is 4.52 Å². The number of nitrogens with zero attached hydrogens (tertiary/aromatic N) is 3. The number of urea groups is 1. The van der Waals surface area contributed by atoms with Gasteiger partial charge in [0.05, 0.1) is 12.6 Å². The average molecular weight is 342 g/mol. The largest absolute Gasteiger partial charge is 0.361 e. The maximum atomic E-state index is 12.2. The van der Waals surface area contributed by atoms with Crippen LogP contribution in [0.5, 0.6) is 0 Å². The van der Waals surface area contributed by atoms with Crippen molar-refractivity contribution in [1.82, 2.24) is 25.8 Å². The highest BCUT2D eigenvalue weighted by molar-refractivity contribution is 5.88. The van der Waals surface area contributed by atoms with E-state index in [0.717, 1.165) is 67.9 Å². The number of hydrogen-bond acceptors (Lipinski definition) is 6. The molecule has 3 heterocycles. The number of rotatable bonds is 4. The van der Waals surface area contributed by atoms with Crippen molar-refractivity contribution in [3.63, 3.8) is 0 Å². The molecule has 25 heavy (non-hydrogen) atoms. The molecule has 1 atom stereocenters. The zero-order chi connectivity index (χ0) is 17.1. The Bertz CT molecular complexity index is 753. The van der Waals surface area contributed by atoms with Crippen molar-refractivity contribution >= 4 is 11.8 Å². The molecule has 1 fully saturated rings. The summed E-state index contributed by atoms with van der Waals surface area (Å²) in [7, 11) is 0. The lowest BCUT2D eigenvalue weighted by atomic mass is 9.96. The number of carbonyl (C=O) groups is 1. The third-order valence-electron chi connectivity index (χ3n) is 4.74. The van der Waals surface area contributed by atoms with Crippen LogP contribution in [0.15, 0.2) is 16.8 Å². The van der Waals surface area contributed by atoms with Gasteiger partial charge < -0.3 is 15.2 Å². The van der Waals surface area contributed by atoms with E-state index in [9.17, 15) is 4.79 Å². The highest BCUT2D eigenvalue weighted by atomic mass is 16.5. The summed E-state index contributed by atoms with van der Waals surface area (Å²) in [4.78, 5) is 20.9. The normalized spacial score (nSPS) is 19.4. The maximum absolute atomic E-state index is 12.2. The van der Waals surface area contributed by atoms with Gasteiger partial charge in [-0.2, -0.15) is 0 Å². The zero-order valence-corrected chi connectivity index (χ0v) is 14.0. The van der Waals surface area contributed by atoms with Crippen LogP contribution < -0.4 is 16.0 Å². The number of fused-ring (bicyclic) bond motifs is 1. The van der Waals surface area contributed by atoms with E-state index in [1.807, 2.05) is 0 Å². The minimum Gasteiger partial charge on any atom is -0.361 e. The van der Waals surface area contributed by atoms with Crippen LogP contribution in [0.4, 0.5) is 10.6 Å². The van der Waals surface area contributed by atoms with Crippen LogP contribution in [0.1, 0.15) is 54.6 Å². The van der Waals surface area contributed by atoms with Gasteiger partial charge in [-0.15, -0.1) is 0 Å². The number of amides is 2. The van der Waals surface area contributed by atoms with Crippen molar-refractivity contribution in [3.05, 3.63) is 35.1 Å². The molecule has 1 aliphatic carbocycles. The molecule has 0 radical (unpaired) electrons. The number of hydrogen-bond donors (Lipinski definition) is 3. The summed E-state index contributed by atoms with van der Waals surface area (Å²) in [5.74, 6) is 2.19. The highest BCUT2D eigenvalue weighted by Gasteiger charge is 2.20. The first-order valence-corrected chi connectivity index (χ1v) is 8.87. The Kier molecular flexibility index (Phi) is 4.60. The second-order valence-electron chi connectivity index (χ2n) is 6.49. The number of anilines is 1. The van der Waals surface area contributed by atoms with Crippen LogP contribution in [0.25, 0.3) is 0 Å². The van der Waals surface area contributed by atoms with E-state index in [1.54, 1.807) is 12.3 Å². The molecule has 1 aliphatic heterocycles. The second-order valence-corrected chi connectivity index (χ2v) is 6.49. The van der Waals surface area contributed by atoms with Gasteiger partial charge in [0, 0.05) is 18.2 Å². The van der Waals surface area contributed by atoms with Crippen LogP contribution in [-0.2, 0) is 19.4 Å². The summed E-state index contributed by atoms with van der Waals surface area (Å²) in [5.41, 5.74) is 1.98. The Balaban J connectivity index is 1.34. The SMILES string of the molecule is O=C(NCc1noc2c1CCCC2)Nc1ccnc(C2CCCN2)n1. The molecule has 4 rings (SSSR count). The molecule has 3 N–H and O–H groups in total. The molecule has 0 spiro atoms. The quantitative estimate of drug-likeness (QED) is 0.786. The van der Waals surface area contributed by atoms with E-state index in [-0.39, 0.29) is 12.1 Å². The van der Waals surface area contributed by atoms with Crippen molar-refractivity contribution in [3.8, 4) is 0 Å². The summed E-state index contributed by atoms with van der Waals surface area (Å²) in [6.07, 6.45) is 8.01. The van der Waals surface area contributed by atoms with Crippen molar-refractivity contribution in [1.29, 1.82) is 0 Å². The summed E-state index contributed by atoms with van der Waals surface area (Å²) >= 11 is 0. The van der Waals surface area contributed by atoms with Gasteiger partial charge in [-0.05, 0) is 44.7 Å². The third-order valence-corrected chi connectivity index (χ3v) is 4.74. The van der Waals surface area contributed by atoms with E-state index in [1.165, 1.54) is 0 Å². The van der Waals surface area contributed by atoms with E-state index in [0.29, 0.717) is 12.4 Å². The molecule has 8 nitrogen and oxygen atoms in total. The minimum absolute atomic E-state index is 0.173. The van der Waals surface area contributed by atoms with Gasteiger partial charge in [0.25, 0.3) is 0 Å². The highest BCUT2D eigenvalue weighted by Crippen LogP contribution is 2.24. The standard InChI is InChI=1S/C17H22N6O2/c24-17(20-10-13-11-4-1-2-6-14(11)25-23-13)22-15-7-9-19-16(21-15)12-5-3-8-18-12/h7,9,12,18H,1-6,8,10H2,(H2,19,20,21,22,24). The molecule has 132 valence electrons. The lowest BCUT2D eigenvalue weighted by Crippen LogP contribution is -2.29. The predicted octanol–water partition coefficient (Wildman–Crippen LogP) is 2.09. The first-order valence-electron chi connectivity index (χ1n) is 8.87. The van der Waals surface area contributed by atoms with Crippen LogP contribution in [-0.4, -0.2) is 27.7 Å². The molecule has 2 aliphatic rings. The predicted molar refractivity (Wildman–Crippen MR) is 91.0 cm³/mol. The number of aryl methyl sites for hydroxylation is 1. The van der Waals surface area contributed by atoms with Gasteiger partial charge in [0.15, 0.2) is 0 Å². The Hall–Kier alpha value is -2.48. The summed E-state index contributed by atoms with van der Waals surface area (Å²) in [5, 5.41) is 13.0. The Morgan fingerprint density at radius 1 is 1.32 bits per heavy atom. The number of aromatic nitrogens is 3. The third kappa shape index (κ3) is 3.63. The summed E-state index contributed by atoms with van der Waals surface area (Å²) in [6, 6.07) is 1.55. The summed E-state index contributed by atoms with van der Waals surface area (Å²) in [6.45, 7) is 1.33. The fourth-order valence-corrected chi connectivity index (χ4v) is 3.43. The van der Waals surface area contributed by atoms with Crippen molar-refractivity contribution in [2.75, 3.05) is 11.9 Å². The van der Waals surface area contributed by atoms with E-state index >= 15 is 0 Å². The summed E-state index contributed by atoms with van der Waals surface area (Å²) < 4.78 is 5.36. The Morgan fingerprint density at radius 3 is 3.12 bits per heavy atom. The van der Waals surface area contributed by atoms with Crippen LogP contribution in [0.2, 0.25) is 0 Å². The smallest absolute Gasteiger partial charge is 0.320 e. The fourth-order valence-electron chi connectivity index (χ4n) is 3.43. The molecule has 0 saturated carbocycles. The minimum atomic E-state index is -0.309. The molecule has 8 heteroatoms. The van der Waals surface area contributed by atoms with E-state index in [2.05, 4.69) is 31.1 Å². The first kappa shape index (κ1) is 16.0. The van der Waals surface area contributed by atoms with Crippen LogP contribution in [0.3, 0.4) is 0 Å². The fraction of sp³-hybridized carbons (Fsp3) is 0.529. The molecular formula is C17H22N6O2. The molecule has 1 unspecified atom stereocenters. The van der Waals surface area contributed by atoms with Gasteiger partial charge in [0.1, 0.15) is 23.1 Å². The van der Waals surface area contributed by atoms with E-state index < -0.39 is 0 Å². The van der Waals surface area contributed by atoms with Gasteiger partial charge in [-0.25, -0.2) is 14.8 Å². The van der Waals surface area contributed by atoms with Gasteiger partial charge in [-0.3, -0.25) is 5.32 Å². The Labute approximate surface area is 145 Å².